The van der Waals surface area contributed by atoms with Gasteiger partial charge in [0.2, 0.25) is 0 Å². The minimum Gasteiger partial charge on any atom is -0.388 e. The Kier molecular flexibility index (Phi) is 3.39. The number of nitrogens with one attached hydrogen (secondary N) is 1. The Hall–Kier alpha value is -1.16. The third-order valence-electron chi connectivity index (χ3n) is 2.44. The zero-order chi connectivity index (χ0) is 11.5. The largest absolute Gasteiger partial charge is 0.388 e. The first-order chi connectivity index (χ1) is 7.65. The highest BCUT2D eigenvalue weighted by Gasteiger charge is 2.12. The summed E-state index contributed by atoms with van der Waals surface area (Å²) in [4.78, 5) is 11.3. The first-order valence-corrected chi connectivity index (χ1v) is 5.85. The molecule has 0 saturated carbocycles. The van der Waals surface area contributed by atoms with Crippen LogP contribution in [0.15, 0.2) is 28.4 Å². The number of halogens is 2. The van der Waals surface area contributed by atoms with Crippen molar-refractivity contribution in [2.75, 3.05) is 6.54 Å². The van der Waals surface area contributed by atoms with E-state index in [1.165, 1.54) is 12.1 Å². The van der Waals surface area contributed by atoms with Crippen LogP contribution in [0.1, 0.15) is 18.4 Å². The summed E-state index contributed by atoms with van der Waals surface area (Å²) in [7, 11) is 0. The van der Waals surface area contributed by atoms with Crippen LogP contribution >= 0.6 is 15.9 Å². The molecule has 1 saturated heterocycles. The Morgan fingerprint density at radius 2 is 2.25 bits per heavy atom. The molecule has 0 atom stereocenters. The van der Waals surface area contributed by atoms with E-state index in [1.54, 1.807) is 6.07 Å². The van der Waals surface area contributed by atoms with E-state index >= 15 is 0 Å². The zero-order valence-electron chi connectivity index (χ0n) is 8.59. The number of piperidine rings is 1. The Labute approximate surface area is 102 Å². The molecule has 84 valence electrons. The number of hydrogen-bond acceptors (Lipinski definition) is 2. The van der Waals surface area contributed by atoms with Crippen LogP contribution in [0.4, 0.5) is 4.39 Å². The maximum atomic E-state index is 12.9. The second kappa shape index (κ2) is 4.78. The normalized spacial score (nSPS) is 18.6. The van der Waals surface area contributed by atoms with Gasteiger partial charge in [0, 0.05) is 29.6 Å². The van der Waals surface area contributed by atoms with Gasteiger partial charge in [-0.3, -0.25) is 4.79 Å². The lowest BCUT2D eigenvalue weighted by molar-refractivity contribution is -0.119. The second-order valence-corrected chi connectivity index (χ2v) is 4.58. The van der Waals surface area contributed by atoms with E-state index in [9.17, 15) is 9.18 Å². The lowest BCUT2D eigenvalue weighted by atomic mass is 10.1. The summed E-state index contributed by atoms with van der Waals surface area (Å²) in [5.74, 6) is -0.0371. The summed E-state index contributed by atoms with van der Waals surface area (Å²) in [5.41, 5.74) is 1.77. The lowest BCUT2D eigenvalue weighted by Gasteiger charge is -2.16. The van der Waals surface area contributed by atoms with Gasteiger partial charge in [0.15, 0.2) is 0 Å². The van der Waals surface area contributed by atoms with Crippen molar-refractivity contribution in [2.24, 2.45) is 0 Å². The minimum absolute atomic E-state index is 0.239. The summed E-state index contributed by atoms with van der Waals surface area (Å²) in [5, 5.41) is 3.17. The van der Waals surface area contributed by atoms with E-state index in [0.29, 0.717) is 23.9 Å². The van der Waals surface area contributed by atoms with Gasteiger partial charge in [-0.25, -0.2) is 4.39 Å². The molecule has 1 aromatic rings. The van der Waals surface area contributed by atoms with Crippen LogP contribution in [0.5, 0.6) is 0 Å². The molecular formula is C12H11BrFNO. The quantitative estimate of drug-likeness (QED) is 0.859. The molecular weight excluding hydrogens is 273 g/mol. The Morgan fingerprint density at radius 1 is 1.44 bits per heavy atom. The first kappa shape index (κ1) is 11.3. The summed E-state index contributed by atoms with van der Waals surface area (Å²) >= 11 is 3.29. The van der Waals surface area contributed by atoms with Gasteiger partial charge >= 0.3 is 0 Å². The molecule has 16 heavy (non-hydrogen) atoms. The number of hydrogen-bond donors (Lipinski definition) is 1. The van der Waals surface area contributed by atoms with Gasteiger partial charge in [-0.15, -0.1) is 0 Å². The maximum Gasteiger partial charge on any atom is 0.140 e. The van der Waals surface area contributed by atoms with E-state index < -0.39 is 0 Å². The fourth-order valence-corrected chi connectivity index (χ4v) is 2.10. The van der Waals surface area contributed by atoms with Gasteiger partial charge in [0.25, 0.3) is 0 Å². The van der Waals surface area contributed by atoms with E-state index in [4.69, 9.17) is 0 Å². The molecule has 1 aliphatic heterocycles. The van der Waals surface area contributed by atoms with Gasteiger partial charge in [0.1, 0.15) is 11.6 Å². The van der Waals surface area contributed by atoms with Crippen LogP contribution in [-0.2, 0) is 4.79 Å². The van der Waals surface area contributed by atoms with Crippen LogP contribution < -0.4 is 5.32 Å². The van der Waals surface area contributed by atoms with E-state index in [1.807, 2.05) is 6.08 Å². The number of ketones is 1. The number of allylic oxidation sites excluding steroid dienone is 1. The van der Waals surface area contributed by atoms with Crippen molar-refractivity contribution in [1.82, 2.24) is 5.32 Å². The van der Waals surface area contributed by atoms with Crippen molar-refractivity contribution in [3.8, 4) is 0 Å². The zero-order valence-corrected chi connectivity index (χ0v) is 10.2. The molecule has 2 nitrogen and oxygen atoms in total. The van der Waals surface area contributed by atoms with Gasteiger partial charge in [-0.1, -0.05) is 22.0 Å². The molecule has 1 N–H and O–H groups in total. The van der Waals surface area contributed by atoms with Crippen LogP contribution in [0.25, 0.3) is 6.08 Å². The summed E-state index contributed by atoms with van der Waals surface area (Å²) < 4.78 is 13.6. The number of rotatable bonds is 1. The molecule has 0 aliphatic carbocycles. The second-order valence-electron chi connectivity index (χ2n) is 3.73. The van der Waals surface area contributed by atoms with Crippen molar-refractivity contribution in [1.29, 1.82) is 0 Å². The fraction of sp³-hybridized carbons (Fsp3) is 0.250. The average Bonchev–Trinajstić information content (AvgIpc) is 2.22. The molecule has 1 aromatic carbocycles. The molecule has 0 aromatic heterocycles. The SMILES string of the molecule is O=C1CCNC(=Cc2ccc(F)cc2Br)C1. The Morgan fingerprint density at radius 3 is 2.94 bits per heavy atom. The highest BCUT2D eigenvalue weighted by molar-refractivity contribution is 9.10. The summed E-state index contributed by atoms with van der Waals surface area (Å²) in [6.45, 7) is 0.684. The van der Waals surface area contributed by atoms with Crippen molar-refractivity contribution < 1.29 is 9.18 Å². The van der Waals surface area contributed by atoms with E-state index in [2.05, 4.69) is 21.2 Å². The van der Waals surface area contributed by atoms with Gasteiger partial charge in [0.05, 0.1) is 0 Å². The van der Waals surface area contributed by atoms with Crippen LogP contribution in [0.3, 0.4) is 0 Å². The topological polar surface area (TPSA) is 29.1 Å². The standard InChI is InChI=1S/C12H11BrFNO/c13-12-6-9(14)2-1-8(12)5-10-7-11(16)3-4-15-10/h1-2,5-6,15H,3-4,7H2. The highest BCUT2D eigenvalue weighted by atomic mass is 79.9. The molecule has 0 unspecified atom stereocenters. The third-order valence-corrected chi connectivity index (χ3v) is 3.12. The van der Waals surface area contributed by atoms with E-state index in [0.717, 1.165) is 11.3 Å². The molecule has 1 aliphatic rings. The van der Waals surface area contributed by atoms with Gasteiger partial charge in [-0.2, -0.15) is 0 Å². The average molecular weight is 284 g/mol. The number of Topliss-reactive ketones (excluding diaryl/α,β-unsaturated/α-hetero) is 1. The van der Waals surface area contributed by atoms with Gasteiger partial charge < -0.3 is 5.32 Å². The Balaban J connectivity index is 2.24. The summed E-state index contributed by atoms with van der Waals surface area (Å²) in [6.07, 6.45) is 2.90. The molecule has 2 rings (SSSR count). The van der Waals surface area contributed by atoms with Crippen LogP contribution in [0, 0.1) is 5.82 Å². The molecule has 4 heteroatoms. The number of benzene rings is 1. The predicted molar refractivity (Wildman–Crippen MR) is 64.3 cm³/mol. The van der Waals surface area contributed by atoms with Crippen molar-refractivity contribution in [2.45, 2.75) is 12.8 Å². The maximum absolute atomic E-state index is 12.9. The molecule has 1 fully saturated rings. The fourth-order valence-electron chi connectivity index (χ4n) is 1.63. The monoisotopic (exact) mass is 283 g/mol. The first-order valence-electron chi connectivity index (χ1n) is 5.06. The van der Waals surface area contributed by atoms with E-state index in [-0.39, 0.29) is 11.6 Å². The molecule has 0 spiro atoms. The third kappa shape index (κ3) is 2.70. The predicted octanol–water partition coefficient (Wildman–Crippen LogP) is 2.88. The lowest BCUT2D eigenvalue weighted by Crippen LogP contribution is -2.25. The van der Waals surface area contributed by atoms with Crippen molar-refractivity contribution >= 4 is 27.8 Å². The Bertz CT molecular complexity index is 456. The summed E-state index contributed by atoms with van der Waals surface area (Å²) in [6, 6.07) is 4.51. The minimum atomic E-state index is -0.276. The number of carbonyl (C=O) groups is 1. The van der Waals surface area contributed by atoms with Crippen LogP contribution in [-0.4, -0.2) is 12.3 Å². The van der Waals surface area contributed by atoms with Crippen molar-refractivity contribution in [3.05, 3.63) is 39.7 Å². The van der Waals surface area contributed by atoms with Crippen molar-refractivity contribution in [3.63, 3.8) is 0 Å². The molecule has 1 heterocycles. The number of carbonyl (C=O) groups excluding carboxylic acids is 1. The highest BCUT2D eigenvalue weighted by Crippen LogP contribution is 2.21. The smallest absolute Gasteiger partial charge is 0.140 e. The molecule has 0 amide bonds. The van der Waals surface area contributed by atoms with Crippen LogP contribution in [0.2, 0.25) is 0 Å². The van der Waals surface area contributed by atoms with Gasteiger partial charge in [-0.05, 0) is 23.8 Å². The molecule has 0 radical (unpaired) electrons. The molecule has 0 bridgehead atoms.